The summed E-state index contributed by atoms with van der Waals surface area (Å²) < 4.78 is 30.3. The van der Waals surface area contributed by atoms with Crippen LogP contribution in [0.2, 0.25) is 0 Å². The molecule has 9 heteroatoms. The molecule has 1 N–H and O–H groups in total. The molecule has 178 valence electrons. The molecule has 0 unspecified atom stereocenters. The van der Waals surface area contributed by atoms with Gasteiger partial charge in [-0.3, -0.25) is 9.59 Å². The third-order valence-electron chi connectivity index (χ3n) is 6.07. The van der Waals surface area contributed by atoms with Gasteiger partial charge in [0.2, 0.25) is 5.91 Å². The van der Waals surface area contributed by atoms with Gasteiger partial charge in [0.1, 0.15) is 17.2 Å². The minimum absolute atomic E-state index is 0.243. The van der Waals surface area contributed by atoms with Gasteiger partial charge in [-0.15, -0.1) is 0 Å². The molecule has 0 spiro atoms. The minimum atomic E-state index is -0.432. The second-order valence-electron chi connectivity index (χ2n) is 8.45. The number of anilines is 1. The summed E-state index contributed by atoms with van der Waals surface area (Å²) in [4.78, 5) is 28.1. The predicted octanol–water partition coefficient (Wildman–Crippen LogP) is 4.43. The minimum Gasteiger partial charge on any atom is -0.338 e. The van der Waals surface area contributed by atoms with Gasteiger partial charge >= 0.3 is 0 Å². The number of carbonyl (C=O) groups is 2. The number of piperidine rings is 1. The van der Waals surface area contributed by atoms with Crippen molar-refractivity contribution in [2.24, 2.45) is 5.92 Å². The number of nitrogens with zero attached hydrogens (tertiary/aromatic N) is 4. The largest absolute Gasteiger partial charge is 0.338 e. The van der Waals surface area contributed by atoms with Gasteiger partial charge in [-0.1, -0.05) is 6.07 Å². The quantitative estimate of drug-likeness (QED) is 0.464. The summed E-state index contributed by atoms with van der Waals surface area (Å²) in [6, 6.07) is 15.3. The van der Waals surface area contributed by atoms with E-state index in [4.69, 9.17) is 0 Å². The first kappa shape index (κ1) is 22.5. The lowest BCUT2D eigenvalue weighted by Crippen LogP contribution is -2.44. The molecule has 5 rings (SSSR count). The Morgan fingerprint density at radius 3 is 2.49 bits per heavy atom. The van der Waals surface area contributed by atoms with Crippen LogP contribution >= 0.6 is 0 Å². The molecular weight excluding hydrogens is 452 g/mol. The van der Waals surface area contributed by atoms with Crippen LogP contribution in [0.1, 0.15) is 23.2 Å². The number of amides is 2. The fraction of sp³-hybridized carbons (Fsp3) is 0.192. The first-order valence-electron chi connectivity index (χ1n) is 11.3. The van der Waals surface area contributed by atoms with E-state index < -0.39 is 11.7 Å². The van der Waals surface area contributed by atoms with E-state index in [0.717, 1.165) is 0 Å². The summed E-state index contributed by atoms with van der Waals surface area (Å²) >= 11 is 0. The molecule has 0 bridgehead atoms. The van der Waals surface area contributed by atoms with Crippen molar-refractivity contribution in [1.82, 2.24) is 19.2 Å². The molecule has 1 saturated heterocycles. The first-order valence-corrected chi connectivity index (χ1v) is 11.3. The van der Waals surface area contributed by atoms with Gasteiger partial charge < -0.3 is 14.8 Å². The highest BCUT2D eigenvalue weighted by atomic mass is 19.1. The fourth-order valence-electron chi connectivity index (χ4n) is 4.34. The third kappa shape index (κ3) is 4.70. The number of benzene rings is 2. The van der Waals surface area contributed by atoms with Crippen LogP contribution in [0.4, 0.5) is 14.5 Å². The van der Waals surface area contributed by atoms with Crippen LogP contribution in [0.15, 0.2) is 79.3 Å². The van der Waals surface area contributed by atoms with Crippen molar-refractivity contribution < 1.29 is 18.4 Å². The lowest BCUT2D eigenvalue weighted by atomic mass is 9.96. The van der Waals surface area contributed by atoms with Gasteiger partial charge in [0.25, 0.3) is 5.91 Å². The molecular formula is C26H23F2N5O2. The van der Waals surface area contributed by atoms with Crippen molar-refractivity contribution in [3.8, 4) is 11.5 Å². The Kier molecular flexibility index (Phi) is 6.13. The van der Waals surface area contributed by atoms with Gasteiger partial charge in [0, 0.05) is 31.2 Å². The zero-order valence-corrected chi connectivity index (χ0v) is 18.8. The van der Waals surface area contributed by atoms with Crippen molar-refractivity contribution in [3.05, 3.63) is 96.5 Å². The van der Waals surface area contributed by atoms with Crippen molar-refractivity contribution in [3.63, 3.8) is 0 Å². The fourth-order valence-corrected chi connectivity index (χ4v) is 4.34. The number of rotatable bonds is 5. The Bertz CT molecular complexity index is 1350. The zero-order valence-electron chi connectivity index (χ0n) is 18.8. The third-order valence-corrected chi connectivity index (χ3v) is 6.07. The van der Waals surface area contributed by atoms with E-state index in [2.05, 4.69) is 10.4 Å². The number of nitrogens with one attached hydrogen (secondary N) is 1. The molecule has 0 aliphatic carbocycles. The summed E-state index contributed by atoms with van der Waals surface area (Å²) in [5.41, 5.74) is 1.37. The Morgan fingerprint density at radius 2 is 1.74 bits per heavy atom. The summed E-state index contributed by atoms with van der Waals surface area (Å²) in [6.07, 6.45) is 6.40. The van der Waals surface area contributed by atoms with Gasteiger partial charge in [-0.05, 0) is 67.4 Å². The van der Waals surface area contributed by atoms with Crippen LogP contribution in [0.25, 0.3) is 11.5 Å². The summed E-state index contributed by atoms with van der Waals surface area (Å²) in [5.74, 6) is -1.18. The van der Waals surface area contributed by atoms with Crippen LogP contribution in [0.5, 0.6) is 0 Å². The molecule has 2 aromatic carbocycles. The second-order valence-corrected chi connectivity index (χ2v) is 8.45. The zero-order chi connectivity index (χ0) is 24.4. The molecule has 1 atom stereocenters. The highest BCUT2D eigenvalue weighted by Gasteiger charge is 2.31. The van der Waals surface area contributed by atoms with Crippen LogP contribution in [0.3, 0.4) is 0 Å². The van der Waals surface area contributed by atoms with Crippen molar-refractivity contribution in [2.45, 2.75) is 12.8 Å². The number of hydrogen-bond donors (Lipinski definition) is 1. The van der Waals surface area contributed by atoms with Crippen LogP contribution in [-0.4, -0.2) is 44.2 Å². The van der Waals surface area contributed by atoms with Crippen LogP contribution < -0.4 is 5.32 Å². The van der Waals surface area contributed by atoms with Crippen molar-refractivity contribution >= 4 is 17.5 Å². The monoisotopic (exact) mass is 475 g/mol. The van der Waals surface area contributed by atoms with E-state index in [-0.39, 0.29) is 24.2 Å². The van der Waals surface area contributed by atoms with Gasteiger partial charge in [0.15, 0.2) is 5.82 Å². The van der Waals surface area contributed by atoms with E-state index in [1.54, 1.807) is 44.7 Å². The maximum absolute atomic E-state index is 13.6. The number of hydrogen-bond acceptors (Lipinski definition) is 3. The van der Waals surface area contributed by atoms with Gasteiger partial charge in [0.05, 0.1) is 17.8 Å². The number of likely N-dealkylation sites (tertiary alicyclic amines) is 1. The van der Waals surface area contributed by atoms with E-state index in [0.29, 0.717) is 42.1 Å². The smallest absolute Gasteiger partial charge is 0.259 e. The van der Waals surface area contributed by atoms with Crippen molar-refractivity contribution in [1.29, 1.82) is 0 Å². The lowest BCUT2D eigenvalue weighted by molar-refractivity contribution is -0.121. The molecule has 1 aliphatic heterocycles. The molecule has 2 amide bonds. The summed E-state index contributed by atoms with van der Waals surface area (Å²) in [7, 11) is 0. The van der Waals surface area contributed by atoms with Gasteiger partial charge in [-0.25, -0.2) is 13.5 Å². The standard InChI is InChI=1S/C26H23F2N5O2/c27-19-8-10-22(11-9-19)33-25(31-12-1-2-13-31)23(16-29-33)26(35)32-14-4-5-18(17-32)24(34)30-21-7-3-6-20(28)15-21/h1-3,6-13,15-16,18H,4-5,14,17H2,(H,30,34)/t18-/m0/s1. The molecule has 3 heterocycles. The maximum atomic E-state index is 13.6. The van der Waals surface area contributed by atoms with Crippen LogP contribution in [-0.2, 0) is 4.79 Å². The number of halogens is 2. The molecule has 0 saturated carbocycles. The molecule has 0 radical (unpaired) electrons. The topological polar surface area (TPSA) is 72.2 Å². The van der Waals surface area contributed by atoms with Crippen LogP contribution in [0, 0.1) is 17.6 Å². The highest BCUT2D eigenvalue weighted by molar-refractivity contribution is 5.98. The molecule has 1 fully saturated rings. The Hall–Kier alpha value is -4.27. The normalized spacial score (nSPS) is 15.7. The predicted molar refractivity (Wildman–Crippen MR) is 127 cm³/mol. The Morgan fingerprint density at radius 1 is 0.971 bits per heavy atom. The molecule has 35 heavy (non-hydrogen) atoms. The first-order chi connectivity index (χ1) is 17.0. The SMILES string of the molecule is O=C(Nc1cccc(F)c1)[C@H]1CCCN(C(=O)c2cnn(-c3ccc(F)cc3)c2-n2cccc2)C1. The average molecular weight is 475 g/mol. The van der Waals surface area contributed by atoms with Crippen molar-refractivity contribution in [2.75, 3.05) is 18.4 Å². The molecule has 4 aromatic rings. The van der Waals surface area contributed by atoms with E-state index in [1.165, 1.54) is 36.5 Å². The maximum Gasteiger partial charge on any atom is 0.259 e. The number of aromatic nitrogens is 3. The van der Waals surface area contributed by atoms with Gasteiger partial charge in [-0.2, -0.15) is 5.10 Å². The highest BCUT2D eigenvalue weighted by Crippen LogP contribution is 2.25. The number of carbonyl (C=O) groups excluding carboxylic acids is 2. The lowest BCUT2D eigenvalue weighted by Gasteiger charge is -2.32. The Balaban J connectivity index is 1.40. The molecule has 2 aromatic heterocycles. The summed E-state index contributed by atoms with van der Waals surface area (Å²) in [6.45, 7) is 0.752. The molecule has 7 nitrogen and oxygen atoms in total. The van der Waals surface area contributed by atoms with E-state index in [1.807, 2.05) is 12.1 Å². The summed E-state index contributed by atoms with van der Waals surface area (Å²) in [5, 5.41) is 7.16. The van der Waals surface area contributed by atoms with E-state index >= 15 is 0 Å². The average Bonchev–Trinajstić information content (AvgIpc) is 3.54. The Labute approximate surface area is 200 Å². The second kappa shape index (κ2) is 9.54. The van der Waals surface area contributed by atoms with E-state index in [9.17, 15) is 18.4 Å². The molecule has 1 aliphatic rings.